The van der Waals surface area contributed by atoms with Crippen molar-refractivity contribution in [3.63, 3.8) is 0 Å². The summed E-state index contributed by atoms with van der Waals surface area (Å²) in [6.07, 6.45) is 4.35. The van der Waals surface area contributed by atoms with Crippen LogP contribution in [0, 0.1) is 10.1 Å². The maximum absolute atomic E-state index is 10.5. The van der Waals surface area contributed by atoms with Crippen LogP contribution < -0.4 is 5.32 Å². The third kappa shape index (κ3) is 4.53. The molecule has 16 heavy (non-hydrogen) atoms. The normalized spacial score (nSPS) is 10.1. The van der Waals surface area contributed by atoms with Crippen LogP contribution >= 0.6 is 11.8 Å². The molecule has 0 aliphatic rings. The van der Waals surface area contributed by atoms with Crippen LogP contribution in [0.2, 0.25) is 0 Å². The summed E-state index contributed by atoms with van der Waals surface area (Å²) in [6.45, 7) is 0.863. The van der Waals surface area contributed by atoms with E-state index in [9.17, 15) is 10.1 Å². The second-order valence-corrected chi connectivity index (χ2v) is 4.42. The molecule has 0 aliphatic carbocycles. The predicted octanol–water partition coefficient (Wildman–Crippen LogP) is 3.15. The molecule has 0 aliphatic heterocycles. The molecule has 1 N–H and O–H groups in total. The van der Waals surface area contributed by atoms with Crippen LogP contribution in [0.15, 0.2) is 24.3 Å². The Morgan fingerprint density at radius 2 is 2.25 bits per heavy atom. The SMILES string of the molecule is CSCCCCNc1cccc([N+](=O)[O-])c1. The molecule has 0 atom stereocenters. The average Bonchev–Trinajstić information content (AvgIpc) is 2.29. The molecular formula is C11H16N2O2S. The Morgan fingerprint density at radius 3 is 2.94 bits per heavy atom. The van der Waals surface area contributed by atoms with Crippen molar-refractivity contribution in [1.82, 2.24) is 0 Å². The van der Waals surface area contributed by atoms with Gasteiger partial charge in [0, 0.05) is 24.4 Å². The molecule has 0 aromatic heterocycles. The largest absolute Gasteiger partial charge is 0.385 e. The summed E-state index contributed by atoms with van der Waals surface area (Å²) in [7, 11) is 0. The third-order valence-corrected chi connectivity index (χ3v) is 2.86. The number of benzene rings is 1. The minimum absolute atomic E-state index is 0.133. The summed E-state index contributed by atoms with van der Waals surface area (Å²) in [5, 5.41) is 13.7. The zero-order chi connectivity index (χ0) is 11.8. The van der Waals surface area contributed by atoms with Crippen LogP contribution in [0.1, 0.15) is 12.8 Å². The van der Waals surface area contributed by atoms with Crippen molar-refractivity contribution in [2.24, 2.45) is 0 Å². The number of non-ortho nitro benzene ring substituents is 1. The van der Waals surface area contributed by atoms with E-state index >= 15 is 0 Å². The van der Waals surface area contributed by atoms with Crippen molar-refractivity contribution in [1.29, 1.82) is 0 Å². The van der Waals surface area contributed by atoms with Crippen molar-refractivity contribution >= 4 is 23.1 Å². The van der Waals surface area contributed by atoms with E-state index in [4.69, 9.17) is 0 Å². The molecule has 88 valence electrons. The van der Waals surface area contributed by atoms with Crippen LogP contribution in [0.5, 0.6) is 0 Å². The van der Waals surface area contributed by atoms with E-state index in [2.05, 4.69) is 11.6 Å². The van der Waals surface area contributed by atoms with E-state index in [0.29, 0.717) is 0 Å². The molecule has 1 aromatic carbocycles. The van der Waals surface area contributed by atoms with E-state index in [1.165, 1.54) is 12.5 Å². The van der Waals surface area contributed by atoms with Gasteiger partial charge >= 0.3 is 0 Å². The van der Waals surface area contributed by atoms with Gasteiger partial charge in [-0.2, -0.15) is 11.8 Å². The maximum atomic E-state index is 10.5. The lowest BCUT2D eigenvalue weighted by atomic mass is 10.2. The standard InChI is InChI=1S/C11H16N2O2S/c1-16-8-3-2-7-12-10-5-4-6-11(9-10)13(14)15/h4-6,9,12H,2-3,7-8H2,1H3. The molecule has 1 rings (SSSR count). The third-order valence-electron chi connectivity index (χ3n) is 2.16. The summed E-state index contributed by atoms with van der Waals surface area (Å²) in [5.41, 5.74) is 0.951. The number of anilines is 1. The summed E-state index contributed by atoms with van der Waals surface area (Å²) in [4.78, 5) is 10.2. The molecule has 0 heterocycles. The highest BCUT2D eigenvalue weighted by Gasteiger charge is 2.04. The lowest BCUT2D eigenvalue weighted by Gasteiger charge is -2.05. The molecule has 0 fully saturated rings. The number of thioether (sulfide) groups is 1. The molecule has 0 unspecified atom stereocenters. The molecule has 0 bridgehead atoms. The number of nitro groups is 1. The lowest BCUT2D eigenvalue weighted by Crippen LogP contribution is -2.02. The molecule has 1 aromatic rings. The van der Waals surface area contributed by atoms with E-state index in [1.807, 2.05) is 17.8 Å². The van der Waals surface area contributed by atoms with E-state index < -0.39 is 0 Å². The second-order valence-electron chi connectivity index (χ2n) is 3.43. The quantitative estimate of drug-likeness (QED) is 0.452. The van der Waals surface area contributed by atoms with Crippen molar-refractivity contribution in [2.75, 3.05) is 23.9 Å². The minimum atomic E-state index is -0.376. The highest BCUT2D eigenvalue weighted by atomic mass is 32.2. The number of nitrogens with one attached hydrogen (secondary N) is 1. The summed E-state index contributed by atoms with van der Waals surface area (Å²) in [5.74, 6) is 1.16. The van der Waals surface area contributed by atoms with Gasteiger partial charge < -0.3 is 5.32 Å². The van der Waals surface area contributed by atoms with Gasteiger partial charge in [-0.05, 0) is 30.9 Å². The average molecular weight is 240 g/mol. The second kappa shape index (κ2) is 7.11. The van der Waals surface area contributed by atoms with Crippen LogP contribution in [0.3, 0.4) is 0 Å². The fraction of sp³-hybridized carbons (Fsp3) is 0.455. The summed E-state index contributed by atoms with van der Waals surface area (Å²) in [6, 6.07) is 6.61. The smallest absolute Gasteiger partial charge is 0.271 e. The first kappa shape index (κ1) is 12.8. The lowest BCUT2D eigenvalue weighted by molar-refractivity contribution is -0.384. The Labute approximate surface area is 99.6 Å². The fourth-order valence-electron chi connectivity index (χ4n) is 1.33. The summed E-state index contributed by atoms with van der Waals surface area (Å²) >= 11 is 1.84. The topological polar surface area (TPSA) is 55.2 Å². The Kier molecular flexibility index (Phi) is 5.71. The predicted molar refractivity (Wildman–Crippen MR) is 69.2 cm³/mol. The van der Waals surface area contributed by atoms with Crippen LogP contribution in [0.4, 0.5) is 11.4 Å². The molecule has 0 saturated carbocycles. The zero-order valence-corrected chi connectivity index (χ0v) is 10.1. The van der Waals surface area contributed by atoms with Crippen molar-refractivity contribution < 1.29 is 4.92 Å². The van der Waals surface area contributed by atoms with Gasteiger partial charge in [0.05, 0.1) is 4.92 Å². The molecule has 0 spiro atoms. The Balaban J connectivity index is 2.36. The fourth-order valence-corrected chi connectivity index (χ4v) is 1.83. The van der Waals surface area contributed by atoms with Gasteiger partial charge in [-0.3, -0.25) is 10.1 Å². The molecule has 0 saturated heterocycles. The Bertz CT molecular complexity index is 345. The molecule has 5 heteroatoms. The van der Waals surface area contributed by atoms with Gasteiger partial charge in [0.2, 0.25) is 0 Å². The van der Waals surface area contributed by atoms with Crippen LogP contribution in [-0.4, -0.2) is 23.5 Å². The number of nitro benzene ring substituents is 1. The van der Waals surface area contributed by atoms with Crippen LogP contribution in [-0.2, 0) is 0 Å². The van der Waals surface area contributed by atoms with Crippen molar-refractivity contribution in [2.45, 2.75) is 12.8 Å². The van der Waals surface area contributed by atoms with Gasteiger partial charge in [-0.15, -0.1) is 0 Å². The first-order valence-electron chi connectivity index (χ1n) is 5.21. The molecule has 0 radical (unpaired) electrons. The highest BCUT2D eigenvalue weighted by Crippen LogP contribution is 2.16. The number of hydrogen-bond acceptors (Lipinski definition) is 4. The first-order chi connectivity index (χ1) is 7.74. The van der Waals surface area contributed by atoms with E-state index in [-0.39, 0.29) is 10.6 Å². The van der Waals surface area contributed by atoms with E-state index in [1.54, 1.807) is 12.1 Å². The van der Waals surface area contributed by atoms with Gasteiger partial charge in [-0.1, -0.05) is 6.07 Å². The van der Waals surface area contributed by atoms with Crippen LogP contribution in [0.25, 0.3) is 0 Å². The number of hydrogen-bond donors (Lipinski definition) is 1. The zero-order valence-electron chi connectivity index (χ0n) is 9.31. The van der Waals surface area contributed by atoms with Gasteiger partial charge in [0.1, 0.15) is 0 Å². The maximum Gasteiger partial charge on any atom is 0.271 e. The molecular weight excluding hydrogens is 224 g/mol. The molecule has 4 nitrogen and oxygen atoms in total. The van der Waals surface area contributed by atoms with Crippen molar-refractivity contribution in [3.8, 4) is 0 Å². The number of unbranched alkanes of at least 4 members (excludes halogenated alkanes) is 1. The summed E-state index contributed by atoms with van der Waals surface area (Å²) < 4.78 is 0. The van der Waals surface area contributed by atoms with E-state index in [0.717, 1.165) is 24.4 Å². The van der Waals surface area contributed by atoms with Gasteiger partial charge in [0.25, 0.3) is 5.69 Å². The van der Waals surface area contributed by atoms with Gasteiger partial charge in [-0.25, -0.2) is 0 Å². The highest BCUT2D eigenvalue weighted by molar-refractivity contribution is 7.98. The molecule has 0 amide bonds. The van der Waals surface area contributed by atoms with Gasteiger partial charge in [0.15, 0.2) is 0 Å². The number of nitrogens with zero attached hydrogens (tertiary/aromatic N) is 1. The Hall–Kier alpha value is -1.23. The van der Waals surface area contributed by atoms with Crippen molar-refractivity contribution in [3.05, 3.63) is 34.4 Å². The Morgan fingerprint density at radius 1 is 1.44 bits per heavy atom. The minimum Gasteiger partial charge on any atom is -0.385 e. The monoisotopic (exact) mass is 240 g/mol. The first-order valence-corrected chi connectivity index (χ1v) is 6.60. The number of rotatable bonds is 7.